The number of para-hydroxylation sites is 1. The van der Waals surface area contributed by atoms with Crippen LogP contribution in [0.2, 0.25) is 0 Å². The van der Waals surface area contributed by atoms with Crippen LogP contribution in [-0.2, 0) is 13.1 Å². The zero-order chi connectivity index (χ0) is 21.0. The van der Waals surface area contributed by atoms with E-state index in [1.165, 1.54) is 11.1 Å². The van der Waals surface area contributed by atoms with Crippen molar-refractivity contribution in [1.82, 2.24) is 15.5 Å². The van der Waals surface area contributed by atoms with Crippen LogP contribution in [0.5, 0.6) is 5.75 Å². The predicted molar refractivity (Wildman–Crippen MR) is 122 cm³/mol. The molecular formula is C24H34N4O2. The highest BCUT2D eigenvalue weighted by Gasteiger charge is 2.16. The van der Waals surface area contributed by atoms with Gasteiger partial charge < -0.3 is 20.5 Å². The molecule has 0 aromatic heterocycles. The summed E-state index contributed by atoms with van der Waals surface area (Å²) in [6.45, 7) is 7.66. The maximum Gasteiger partial charge on any atom is 0.191 e. The second-order valence-corrected chi connectivity index (χ2v) is 7.61. The van der Waals surface area contributed by atoms with E-state index >= 15 is 0 Å². The van der Waals surface area contributed by atoms with Crippen LogP contribution in [0.15, 0.2) is 59.6 Å². The lowest BCUT2D eigenvalue weighted by atomic mass is 10.1. The fourth-order valence-electron chi connectivity index (χ4n) is 3.45. The van der Waals surface area contributed by atoms with Crippen LogP contribution in [0, 0.1) is 0 Å². The number of hydrogen-bond donors (Lipinski definition) is 3. The first-order chi connectivity index (χ1) is 14.7. The van der Waals surface area contributed by atoms with Gasteiger partial charge in [-0.2, -0.15) is 0 Å². The topological polar surface area (TPSA) is 69.1 Å². The van der Waals surface area contributed by atoms with E-state index < -0.39 is 0 Å². The molecule has 30 heavy (non-hydrogen) atoms. The van der Waals surface area contributed by atoms with Crippen LogP contribution in [0.4, 0.5) is 0 Å². The number of aliphatic hydroxyl groups is 1. The van der Waals surface area contributed by atoms with Gasteiger partial charge in [-0.25, -0.2) is 4.99 Å². The van der Waals surface area contributed by atoms with Crippen LogP contribution in [0.25, 0.3) is 0 Å². The number of guanidine groups is 1. The van der Waals surface area contributed by atoms with Gasteiger partial charge in [0.05, 0.1) is 19.2 Å². The van der Waals surface area contributed by atoms with Gasteiger partial charge in [0.1, 0.15) is 12.4 Å². The number of nitrogens with zero attached hydrogens (tertiary/aromatic N) is 2. The summed E-state index contributed by atoms with van der Waals surface area (Å²) < 4.78 is 5.72. The molecule has 1 heterocycles. The van der Waals surface area contributed by atoms with Gasteiger partial charge in [-0.1, -0.05) is 42.5 Å². The van der Waals surface area contributed by atoms with Gasteiger partial charge in [0.15, 0.2) is 5.96 Å². The van der Waals surface area contributed by atoms with Crippen LogP contribution in [0.3, 0.4) is 0 Å². The van der Waals surface area contributed by atoms with Crippen LogP contribution in [0.1, 0.15) is 30.9 Å². The number of nitrogens with one attached hydrogen (secondary N) is 2. The molecule has 0 atom stereocenters. The Labute approximate surface area is 180 Å². The molecule has 162 valence electrons. The standard InChI is InChI=1S/C24H34N4O2/c1-2-25-24(26-14-17-30-23-6-4-3-5-7-23)27-18-20-8-10-21(11-9-20)19-28-15-12-22(29)13-16-28/h3-11,22,29H,2,12-19H2,1H3,(H2,25,26,27). The monoisotopic (exact) mass is 410 g/mol. The van der Waals surface area contributed by atoms with E-state index in [1.54, 1.807) is 0 Å². The van der Waals surface area contributed by atoms with Gasteiger partial charge in [-0.15, -0.1) is 0 Å². The van der Waals surface area contributed by atoms with E-state index in [-0.39, 0.29) is 6.10 Å². The quantitative estimate of drug-likeness (QED) is 0.337. The van der Waals surface area contributed by atoms with Crippen molar-refractivity contribution in [3.05, 3.63) is 65.7 Å². The summed E-state index contributed by atoms with van der Waals surface area (Å²) in [6, 6.07) is 18.5. The van der Waals surface area contributed by atoms with Crippen molar-refractivity contribution >= 4 is 5.96 Å². The van der Waals surface area contributed by atoms with Gasteiger partial charge in [0.25, 0.3) is 0 Å². The number of ether oxygens (including phenoxy) is 1. The Morgan fingerprint density at radius 2 is 1.73 bits per heavy atom. The number of aliphatic imine (C=N–C) groups is 1. The number of benzene rings is 2. The smallest absolute Gasteiger partial charge is 0.191 e. The van der Waals surface area contributed by atoms with Crippen molar-refractivity contribution in [2.24, 2.45) is 4.99 Å². The average molecular weight is 411 g/mol. The Morgan fingerprint density at radius 1 is 1.03 bits per heavy atom. The Hall–Kier alpha value is -2.57. The number of likely N-dealkylation sites (tertiary alicyclic amines) is 1. The summed E-state index contributed by atoms with van der Waals surface area (Å²) in [5.74, 6) is 1.67. The largest absolute Gasteiger partial charge is 0.492 e. The van der Waals surface area contributed by atoms with Crippen molar-refractivity contribution in [1.29, 1.82) is 0 Å². The molecule has 0 unspecified atom stereocenters. The minimum Gasteiger partial charge on any atom is -0.492 e. The molecule has 1 saturated heterocycles. The van der Waals surface area contributed by atoms with Crippen molar-refractivity contribution < 1.29 is 9.84 Å². The van der Waals surface area contributed by atoms with Crippen LogP contribution in [-0.4, -0.2) is 54.9 Å². The SMILES string of the molecule is CCNC(=NCc1ccc(CN2CCC(O)CC2)cc1)NCCOc1ccccc1. The molecule has 1 fully saturated rings. The molecule has 3 rings (SSSR count). The molecule has 0 radical (unpaired) electrons. The predicted octanol–water partition coefficient (Wildman–Crippen LogP) is 2.78. The van der Waals surface area contributed by atoms with E-state index in [0.29, 0.717) is 19.7 Å². The number of rotatable bonds is 9. The molecule has 6 nitrogen and oxygen atoms in total. The zero-order valence-electron chi connectivity index (χ0n) is 17.9. The molecule has 0 bridgehead atoms. The lowest BCUT2D eigenvalue weighted by molar-refractivity contribution is 0.0792. The summed E-state index contributed by atoms with van der Waals surface area (Å²) >= 11 is 0. The summed E-state index contributed by atoms with van der Waals surface area (Å²) in [5.41, 5.74) is 2.49. The molecule has 0 saturated carbocycles. The summed E-state index contributed by atoms with van der Waals surface area (Å²) in [4.78, 5) is 7.09. The first kappa shape index (κ1) is 22.1. The minimum absolute atomic E-state index is 0.120. The third-order valence-corrected chi connectivity index (χ3v) is 5.16. The molecular weight excluding hydrogens is 376 g/mol. The first-order valence-electron chi connectivity index (χ1n) is 10.9. The Balaban J connectivity index is 1.43. The summed E-state index contributed by atoms with van der Waals surface area (Å²) in [5, 5.41) is 16.2. The maximum atomic E-state index is 9.64. The Bertz CT molecular complexity index is 757. The van der Waals surface area contributed by atoms with E-state index in [0.717, 1.165) is 50.7 Å². The fourth-order valence-corrected chi connectivity index (χ4v) is 3.45. The number of piperidine rings is 1. The van der Waals surface area contributed by atoms with Crippen molar-refractivity contribution in [2.75, 3.05) is 32.8 Å². The third-order valence-electron chi connectivity index (χ3n) is 5.16. The molecule has 0 spiro atoms. The van der Waals surface area contributed by atoms with Gasteiger partial charge >= 0.3 is 0 Å². The Kier molecular flexibility index (Phi) is 9.00. The van der Waals surface area contributed by atoms with E-state index in [1.807, 2.05) is 30.3 Å². The molecule has 0 amide bonds. The minimum atomic E-state index is -0.120. The maximum absolute atomic E-state index is 9.64. The third kappa shape index (κ3) is 7.69. The molecule has 2 aromatic carbocycles. The normalized spacial score (nSPS) is 15.7. The lowest BCUT2D eigenvalue weighted by Crippen LogP contribution is -2.39. The average Bonchev–Trinajstić information content (AvgIpc) is 2.78. The number of aliphatic hydroxyl groups excluding tert-OH is 1. The van der Waals surface area contributed by atoms with Crippen molar-refractivity contribution in [3.8, 4) is 5.75 Å². The highest BCUT2D eigenvalue weighted by atomic mass is 16.5. The first-order valence-corrected chi connectivity index (χ1v) is 10.9. The van der Waals surface area contributed by atoms with Gasteiger partial charge in [0, 0.05) is 26.2 Å². The van der Waals surface area contributed by atoms with Crippen molar-refractivity contribution in [2.45, 2.75) is 39.0 Å². The van der Waals surface area contributed by atoms with Crippen LogP contribution < -0.4 is 15.4 Å². The highest BCUT2D eigenvalue weighted by Crippen LogP contribution is 2.14. The van der Waals surface area contributed by atoms with E-state index in [2.05, 4.69) is 51.7 Å². The molecule has 2 aromatic rings. The summed E-state index contributed by atoms with van der Waals surface area (Å²) in [7, 11) is 0. The zero-order valence-corrected chi connectivity index (χ0v) is 17.9. The molecule has 3 N–H and O–H groups in total. The molecule has 0 aliphatic carbocycles. The van der Waals surface area contributed by atoms with Gasteiger partial charge in [-0.3, -0.25) is 4.90 Å². The molecule has 1 aliphatic rings. The van der Waals surface area contributed by atoms with E-state index in [4.69, 9.17) is 4.74 Å². The highest BCUT2D eigenvalue weighted by molar-refractivity contribution is 5.79. The lowest BCUT2D eigenvalue weighted by Gasteiger charge is -2.29. The summed E-state index contributed by atoms with van der Waals surface area (Å²) in [6.07, 6.45) is 1.64. The van der Waals surface area contributed by atoms with Gasteiger partial charge in [-0.05, 0) is 43.0 Å². The number of hydrogen-bond acceptors (Lipinski definition) is 4. The van der Waals surface area contributed by atoms with Crippen LogP contribution >= 0.6 is 0 Å². The van der Waals surface area contributed by atoms with E-state index in [9.17, 15) is 5.11 Å². The van der Waals surface area contributed by atoms with Gasteiger partial charge in [0.2, 0.25) is 0 Å². The molecule has 1 aliphatic heterocycles. The van der Waals surface area contributed by atoms with Crippen molar-refractivity contribution in [3.63, 3.8) is 0 Å². The fraction of sp³-hybridized carbons (Fsp3) is 0.458. The second-order valence-electron chi connectivity index (χ2n) is 7.61. The Morgan fingerprint density at radius 3 is 2.43 bits per heavy atom. The molecule has 6 heteroatoms. The second kappa shape index (κ2) is 12.2.